The molecule has 4 heteroatoms. The summed E-state index contributed by atoms with van der Waals surface area (Å²) in [4.78, 5) is 25.4. The predicted molar refractivity (Wildman–Crippen MR) is 80.3 cm³/mol. The molecule has 0 aliphatic carbocycles. The zero-order valence-electron chi connectivity index (χ0n) is 12.4. The summed E-state index contributed by atoms with van der Waals surface area (Å²) in [6.45, 7) is 6.86. The van der Waals surface area contributed by atoms with Crippen molar-refractivity contribution in [3.8, 4) is 0 Å². The number of hydrogen-bond acceptors (Lipinski definition) is 3. The average Bonchev–Trinajstić information content (AvgIpc) is 2.80. The van der Waals surface area contributed by atoms with Crippen molar-refractivity contribution in [3.63, 3.8) is 0 Å². The van der Waals surface area contributed by atoms with Crippen LogP contribution in [0.4, 0.5) is 5.69 Å². The van der Waals surface area contributed by atoms with E-state index in [1.807, 2.05) is 25.1 Å². The van der Waals surface area contributed by atoms with Crippen LogP contribution >= 0.6 is 0 Å². The van der Waals surface area contributed by atoms with Crippen LogP contribution in [0.3, 0.4) is 0 Å². The second-order valence-corrected chi connectivity index (χ2v) is 5.45. The van der Waals surface area contributed by atoms with Gasteiger partial charge in [-0.1, -0.05) is 6.92 Å². The lowest BCUT2D eigenvalue weighted by atomic mass is 10.1. The fourth-order valence-corrected chi connectivity index (χ4v) is 2.45. The van der Waals surface area contributed by atoms with Gasteiger partial charge in [0, 0.05) is 23.8 Å². The van der Waals surface area contributed by atoms with Gasteiger partial charge in [0.1, 0.15) is 0 Å². The first-order valence-corrected chi connectivity index (χ1v) is 7.19. The molecule has 1 unspecified atom stereocenters. The van der Waals surface area contributed by atoms with E-state index in [1.165, 1.54) is 0 Å². The van der Waals surface area contributed by atoms with E-state index in [0.29, 0.717) is 6.54 Å². The van der Waals surface area contributed by atoms with Crippen LogP contribution in [0, 0.1) is 0 Å². The normalized spacial score (nSPS) is 14.8. The third-order valence-electron chi connectivity index (χ3n) is 3.83. The molecular weight excluding hydrogens is 252 g/mol. The molecule has 2 rings (SSSR count). The zero-order chi connectivity index (χ0) is 14.7. The summed E-state index contributed by atoms with van der Waals surface area (Å²) in [7, 11) is 0. The average molecular weight is 274 g/mol. The minimum absolute atomic E-state index is 0.0582. The Morgan fingerprint density at radius 2 is 2.15 bits per heavy atom. The lowest BCUT2D eigenvalue weighted by Crippen LogP contribution is -2.40. The summed E-state index contributed by atoms with van der Waals surface area (Å²) in [5, 5.41) is 2.98. The lowest BCUT2D eigenvalue weighted by Gasteiger charge is -2.20. The molecule has 1 aliphatic rings. The Hall–Kier alpha value is -1.84. The molecule has 0 fully saturated rings. The molecule has 1 aromatic carbocycles. The van der Waals surface area contributed by atoms with Gasteiger partial charge in [-0.3, -0.25) is 9.59 Å². The van der Waals surface area contributed by atoms with E-state index >= 15 is 0 Å². The minimum Gasteiger partial charge on any atom is -0.362 e. The molecule has 1 amide bonds. The molecule has 108 valence electrons. The fourth-order valence-electron chi connectivity index (χ4n) is 2.45. The number of hydrogen-bond donors (Lipinski definition) is 1. The molecule has 1 aliphatic heterocycles. The molecule has 4 nitrogen and oxygen atoms in total. The number of amides is 1. The largest absolute Gasteiger partial charge is 0.362 e. The van der Waals surface area contributed by atoms with Crippen LogP contribution in [0.15, 0.2) is 18.2 Å². The summed E-state index contributed by atoms with van der Waals surface area (Å²) < 4.78 is 0. The molecule has 1 aromatic rings. The van der Waals surface area contributed by atoms with Crippen molar-refractivity contribution in [1.82, 2.24) is 5.32 Å². The van der Waals surface area contributed by atoms with Gasteiger partial charge in [-0.05, 0) is 50.5 Å². The number of rotatable bonds is 5. The predicted octanol–water partition coefficient (Wildman–Crippen LogP) is 2.17. The van der Waals surface area contributed by atoms with E-state index in [0.717, 1.165) is 36.2 Å². The van der Waals surface area contributed by atoms with Gasteiger partial charge in [0.25, 0.3) is 0 Å². The Balaban J connectivity index is 2.05. The Bertz CT molecular complexity index is 525. The molecule has 0 spiro atoms. The third-order valence-corrected chi connectivity index (χ3v) is 3.83. The number of fused-ring (bicyclic) bond motifs is 1. The standard InChI is InChI=1S/C16H22N2O2/c1-4-11(2)17-16(20)10-18-8-7-14-9-13(12(3)19)5-6-15(14)18/h5-6,9,11H,4,7-8,10H2,1-3H3,(H,17,20). The summed E-state index contributed by atoms with van der Waals surface area (Å²) >= 11 is 0. The molecule has 0 aromatic heterocycles. The number of carbonyl (C=O) groups excluding carboxylic acids is 2. The van der Waals surface area contributed by atoms with Gasteiger partial charge in [0.05, 0.1) is 6.54 Å². The highest BCUT2D eigenvalue weighted by Crippen LogP contribution is 2.28. The molecule has 1 heterocycles. The van der Waals surface area contributed by atoms with Gasteiger partial charge in [0.15, 0.2) is 5.78 Å². The highest BCUT2D eigenvalue weighted by Gasteiger charge is 2.22. The van der Waals surface area contributed by atoms with Crippen LogP contribution in [0.25, 0.3) is 0 Å². The Kier molecular flexibility index (Phi) is 4.42. The number of anilines is 1. The van der Waals surface area contributed by atoms with Crippen molar-refractivity contribution in [1.29, 1.82) is 0 Å². The molecular formula is C16H22N2O2. The van der Waals surface area contributed by atoms with Crippen molar-refractivity contribution in [2.24, 2.45) is 0 Å². The number of benzene rings is 1. The van der Waals surface area contributed by atoms with Crippen LogP contribution in [0.1, 0.15) is 43.1 Å². The van der Waals surface area contributed by atoms with E-state index in [2.05, 4.69) is 17.1 Å². The molecule has 0 bridgehead atoms. The van der Waals surface area contributed by atoms with E-state index in [1.54, 1.807) is 6.92 Å². The molecule has 0 saturated carbocycles. The van der Waals surface area contributed by atoms with Crippen LogP contribution < -0.4 is 10.2 Å². The van der Waals surface area contributed by atoms with Gasteiger partial charge in [0.2, 0.25) is 5.91 Å². The Morgan fingerprint density at radius 1 is 1.40 bits per heavy atom. The topological polar surface area (TPSA) is 49.4 Å². The number of Topliss-reactive ketones (excluding diaryl/α,β-unsaturated/α-hetero) is 1. The van der Waals surface area contributed by atoms with E-state index in [9.17, 15) is 9.59 Å². The summed E-state index contributed by atoms with van der Waals surface area (Å²) in [5.74, 6) is 0.142. The Labute approximate surface area is 120 Å². The molecule has 0 radical (unpaired) electrons. The second-order valence-electron chi connectivity index (χ2n) is 5.45. The van der Waals surface area contributed by atoms with Gasteiger partial charge in [-0.15, -0.1) is 0 Å². The molecule has 1 N–H and O–H groups in total. The van der Waals surface area contributed by atoms with Crippen LogP contribution in [-0.4, -0.2) is 30.8 Å². The fraction of sp³-hybridized carbons (Fsp3) is 0.500. The maximum atomic E-state index is 11.9. The van der Waals surface area contributed by atoms with Crippen molar-refractivity contribution < 1.29 is 9.59 Å². The SMILES string of the molecule is CCC(C)NC(=O)CN1CCc2cc(C(C)=O)ccc21. The van der Waals surface area contributed by atoms with Gasteiger partial charge in [-0.2, -0.15) is 0 Å². The maximum absolute atomic E-state index is 11.9. The van der Waals surface area contributed by atoms with Crippen LogP contribution in [0.2, 0.25) is 0 Å². The first-order valence-electron chi connectivity index (χ1n) is 7.19. The van der Waals surface area contributed by atoms with Gasteiger partial charge < -0.3 is 10.2 Å². The first-order chi connectivity index (χ1) is 9.51. The smallest absolute Gasteiger partial charge is 0.239 e. The lowest BCUT2D eigenvalue weighted by molar-refractivity contribution is -0.120. The number of carbonyl (C=O) groups is 2. The number of nitrogens with zero attached hydrogens (tertiary/aromatic N) is 1. The van der Waals surface area contributed by atoms with E-state index in [4.69, 9.17) is 0 Å². The molecule has 0 saturated heterocycles. The highest BCUT2D eigenvalue weighted by atomic mass is 16.2. The van der Waals surface area contributed by atoms with Crippen LogP contribution in [-0.2, 0) is 11.2 Å². The summed E-state index contributed by atoms with van der Waals surface area (Å²) in [5.41, 5.74) is 2.98. The van der Waals surface area contributed by atoms with Crippen molar-refractivity contribution >= 4 is 17.4 Å². The molecule has 1 atom stereocenters. The monoisotopic (exact) mass is 274 g/mol. The van der Waals surface area contributed by atoms with Gasteiger partial charge >= 0.3 is 0 Å². The number of ketones is 1. The summed E-state index contributed by atoms with van der Waals surface area (Å²) in [6.07, 6.45) is 1.83. The Morgan fingerprint density at radius 3 is 2.80 bits per heavy atom. The second kappa shape index (κ2) is 6.07. The quantitative estimate of drug-likeness (QED) is 0.837. The van der Waals surface area contributed by atoms with E-state index < -0.39 is 0 Å². The van der Waals surface area contributed by atoms with Crippen molar-refractivity contribution in [2.75, 3.05) is 18.0 Å². The first kappa shape index (κ1) is 14.6. The number of nitrogens with one attached hydrogen (secondary N) is 1. The van der Waals surface area contributed by atoms with Crippen LogP contribution in [0.5, 0.6) is 0 Å². The zero-order valence-corrected chi connectivity index (χ0v) is 12.4. The minimum atomic E-state index is 0.0582. The van der Waals surface area contributed by atoms with E-state index in [-0.39, 0.29) is 17.7 Å². The molecule has 20 heavy (non-hydrogen) atoms. The maximum Gasteiger partial charge on any atom is 0.239 e. The van der Waals surface area contributed by atoms with Crippen molar-refractivity contribution in [3.05, 3.63) is 29.3 Å². The highest BCUT2D eigenvalue weighted by molar-refractivity contribution is 5.95. The summed E-state index contributed by atoms with van der Waals surface area (Å²) in [6, 6.07) is 5.95. The van der Waals surface area contributed by atoms with Crippen molar-refractivity contribution in [2.45, 2.75) is 39.7 Å². The van der Waals surface area contributed by atoms with Gasteiger partial charge in [-0.25, -0.2) is 0 Å². The third kappa shape index (κ3) is 3.18.